The largest absolute Gasteiger partial charge is 0.398 e. The van der Waals surface area contributed by atoms with Gasteiger partial charge in [-0.05, 0) is 18.2 Å². The first-order valence-electron chi connectivity index (χ1n) is 4.87. The molecule has 1 amide bonds. The summed E-state index contributed by atoms with van der Waals surface area (Å²) in [6, 6.07) is 5.19. The van der Waals surface area contributed by atoms with Crippen molar-refractivity contribution in [2.45, 2.75) is 6.54 Å². The maximum absolute atomic E-state index is 11.9. The SMILES string of the molecule is Nc1ccc(Br)cc1C(=O)NCc1cscn1. The number of hydrogen-bond donors (Lipinski definition) is 2. The Morgan fingerprint density at radius 3 is 3.06 bits per heavy atom. The van der Waals surface area contributed by atoms with Crippen LogP contribution >= 0.6 is 27.3 Å². The summed E-state index contributed by atoms with van der Waals surface area (Å²) in [5.74, 6) is -0.197. The average Bonchev–Trinajstić information content (AvgIpc) is 2.82. The molecule has 0 fully saturated rings. The van der Waals surface area contributed by atoms with Crippen molar-refractivity contribution in [3.8, 4) is 0 Å². The summed E-state index contributed by atoms with van der Waals surface area (Å²) in [7, 11) is 0. The number of nitrogens with two attached hydrogens (primary N) is 1. The quantitative estimate of drug-likeness (QED) is 0.855. The minimum absolute atomic E-state index is 0.197. The van der Waals surface area contributed by atoms with Gasteiger partial charge in [0.15, 0.2) is 0 Å². The minimum Gasteiger partial charge on any atom is -0.398 e. The van der Waals surface area contributed by atoms with Crippen LogP contribution in [0.2, 0.25) is 0 Å². The molecule has 0 spiro atoms. The van der Waals surface area contributed by atoms with Crippen molar-refractivity contribution in [2.75, 3.05) is 5.73 Å². The van der Waals surface area contributed by atoms with Crippen LogP contribution in [0.5, 0.6) is 0 Å². The van der Waals surface area contributed by atoms with Gasteiger partial charge in [0.2, 0.25) is 0 Å². The Morgan fingerprint density at radius 2 is 2.35 bits per heavy atom. The number of amides is 1. The number of carbonyl (C=O) groups excluding carboxylic acids is 1. The molecular formula is C11H10BrN3OS. The van der Waals surface area contributed by atoms with Crippen molar-refractivity contribution in [2.24, 2.45) is 0 Å². The van der Waals surface area contributed by atoms with E-state index in [4.69, 9.17) is 5.73 Å². The molecule has 3 N–H and O–H groups in total. The Bertz CT molecular complexity index is 528. The van der Waals surface area contributed by atoms with Crippen LogP contribution in [0, 0.1) is 0 Å². The lowest BCUT2D eigenvalue weighted by Crippen LogP contribution is -2.23. The first kappa shape index (κ1) is 12.1. The number of nitrogen functional groups attached to an aromatic ring is 1. The Morgan fingerprint density at radius 1 is 1.53 bits per heavy atom. The molecule has 4 nitrogen and oxygen atoms in total. The maximum Gasteiger partial charge on any atom is 0.253 e. The molecule has 0 unspecified atom stereocenters. The number of thiazole rings is 1. The summed E-state index contributed by atoms with van der Waals surface area (Å²) in [4.78, 5) is 16.0. The van der Waals surface area contributed by atoms with Gasteiger partial charge in [-0.15, -0.1) is 11.3 Å². The molecule has 0 aliphatic rings. The molecule has 6 heteroatoms. The fraction of sp³-hybridized carbons (Fsp3) is 0.0909. The van der Waals surface area contributed by atoms with Gasteiger partial charge in [0, 0.05) is 15.5 Å². The Hall–Kier alpha value is -1.40. The summed E-state index contributed by atoms with van der Waals surface area (Å²) >= 11 is 4.81. The van der Waals surface area contributed by atoms with Crippen molar-refractivity contribution in [1.82, 2.24) is 10.3 Å². The first-order valence-corrected chi connectivity index (χ1v) is 6.60. The van der Waals surface area contributed by atoms with Crippen LogP contribution in [0.4, 0.5) is 5.69 Å². The van der Waals surface area contributed by atoms with Crippen molar-refractivity contribution in [3.63, 3.8) is 0 Å². The second-order valence-electron chi connectivity index (χ2n) is 3.39. The number of anilines is 1. The van der Waals surface area contributed by atoms with E-state index in [-0.39, 0.29) is 5.91 Å². The highest BCUT2D eigenvalue weighted by Crippen LogP contribution is 2.18. The molecular weight excluding hydrogens is 302 g/mol. The lowest BCUT2D eigenvalue weighted by Gasteiger charge is -2.06. The molecule has 0 aliphatic heterocycles. The molecule has 0 radical (unpaired) electrons. The first-order chi connectivity index (χ1) is 8.16. The highest BCUT2D eigenvalue weighted by atomic mass is 79.9. The van der Waals surface area contributed by atoms with Crippen LogP contribution in [-0.4, -0.2) is 10.9 Å². The molecule has 0 aliphatic carbocycles. The summed E-state index contributed by atoms with van der Waals surface area (Å²) in [6.45, 7) is 0.411. The highest BCUT2D eigenvalue weighted by molar-refractivity contribution is 9.10. The number of nitrogens with one attached hydrogen (secondary N) is 1. The van der Waals surface area contributed by atoms with Crippen molar-refractivity contribution >= 4 is 38.9 Å². The van der Waals surface area contributed by atoms with Crippen molar-refractivity contribution in [1.29, 1.82) is 0 Å². The monoisotopic (exact) mass is 311 g/mol. The van der Waals surface area contributed by atoms with Crippen LogP contribution < -0.4 is 11.1 Å². The molecule has 0 saturated heterocycles. The summed E-state index contributed by atoms with van der Waals surface area (Å²) < 4.78 is 0.825. The molecule has 1 heterocycles. The number of aromatic nitrogens is 1. The van der Waals surface area contributed by atoms with E-state index >= 15 is 0 Å². The van der Waals surface area contributed by atoms with E-state index in [0.717, 1.165) is 10.2 Å². The zero-order chi connectivity index (χ0) is 12.3. The summed E-state index contributed by atoms with van der Waals surface area (Å²) in [6.07, 6.45) is 0. The van der Waals surface area contributed by atoms with E-state index < -0.39 is 0 Å². The number of carbonyl (C=O) groups is 1. The summed E-state index contributed by atoms with van der Waals surface area (Å²) in [5.41, 5.74) is 9.25. The third-order valence-electron chi connectivity index (χ3n) is 2.17. The van der Waals surface area contributed by atoms with Gasteiger partial charge in [-0.1, -0.05) is 15.9 Å². The second kappa shape index (κ2) is 5.29. The van der Waals surface area contributed by atoms with Gasteiger partial charge in [-0.25, -0.2) is 4.98 Å². The number of rotatable bonds is 3. The normalized spacial score (nSPS) is 10.2. The number of halogens is 1. The van der Waals surface area contributed by atoms with Crippen LogP contribution in [0.15, 0.2) is 33.6 Å². The highest BCUT2D eigenvalue weighted by Gasteiger charge is 2.10. The van der Waals surface area contributed by atoms with Gasteiger partial charge in [-0.3, -0.25) is 4.79 Å². The molecule has 2 aromatic rings. The van der Waals surface area contributed by atoms with Gasteiger partial charge in [0.25, 0.3) is 5.91 Å². The maximum atomic E-state index is 11.9. The third-order valence-corrected chi connectivity index (χ3v) is 3.30. The van der Waals surface area contributed by atoms with Crippen molar-refractivity contribution < 1.29 is 4.79 Å². The lowest BCUT2D eigenvalue weighted by atomic mass is 10.1. The number of hydrogen-bond acceptors (Lipinski definition) is 4. The lowest BCUT2D eigenvalue weighted by molar-refractivity contribution is 0.0951. The van der Waals surface area contributed by atoms with E-state index in [1.54, 1.807) is 23.7 Å². The van der Waals surface area contributed by atoms with Gasteiger partial charge in [0.1, 0.15) is 0 Å². The van der Waals surface area contributed by atoms with E-state index in [9.17, 15) is 4.79 Å². The van der Waals surface area contributed by atoms with Crippen LogP contribution in [0.1, 0.15) is 16.1 Å². The fourth-order valence-corrected chi connectivity index (χ4v) is 2.24. The zero-order valence-corrected chi connectivity index (χ0v) is 11.2. The Kier molecular flexibility index (Phi) is 3.75. The average molecular weight is 312 g/mol. The zero-order valence-electron chi connectivity index (χ0n) is 8.81. The summed E-state index contributed by atoms with van der Waals surface area (Å²) in [5, 5.41) is 4.67. The van der Waals surface area contributed by atoms with Gasteiger partial charge in [-0.2, -0.15) is 0 Å². The van der Waals surface area contributed by atoms with Crippen LogP contribution in [-0.2, 0) is 6.54 Å². The smallest absolute Gasteiger partial charge is 0.253 e. The van der Waals surface area contributed by atoms with Crippen LogP contribution in [0.25, 0.3) is 0 Å². The third kappa shape index (κ3) is 3.04. The molecule has 88 valence electrons. The second-order valence-corrected chi connectivity index (χ2v) is 5.03. The topological polar surface area (TPSA) is 68.0 Å². The standard InChI is InChI=1S/C11H10BrN3OS/c12-7-1-2-10(13)9(3-7)11(16)14-4-8-5-17-6-15-8/h1-3,5-6H,4,13H2,(H,14,16). The van der Waals surface area contributed by atoms with Gasteiger partial charge in [0.05, 0.1) is 23.3 Å². The van der Waals surface area contributed by atoms with Crippen molar-refractivity contribution in [3.05, 3.63) is 44.8 Å². The Balaban J connectivity index is 2.07. The van der Waals surface area contributed by atoms with Crippen LogP contribution in [0.3, 0.4) is 0 Å². The number of nitrogens with zero attached hydrogens (tertiary/aromatic N) is 1. The molecule has 0 atom stereocenters. The van der Waals surface area contributed by atoms with Gasteiger partial charge >= 0.3 is 0 Å². The fourth-order valence-electron chi connectivity index (χ4n) is 1.32. The number of benzene rings is 1. The van der Waals surface area contributed by atoms with E-state index in [1.165, 1.54) is 11.3 Å². The predicted molar refractivity (Wildman–Crippen MR) is 71.8 cm³/mol. The molecule has 1 aromatic heterocycles. The molecule has 0 bridgehead atoms. The van der Waals surface area contributed by atoms with Gasteiger partial charge < -0.3 is 11.1 Å². The molecule has 17 heavy (non-hydrogen) atoms. The van der Waals surface area contributed by atoms with E-state index in [1.807, 2.05) is 5.38 Å². The minimum atomic E-state index is -0.197. The molecule has 1 aromatic carbocycles. The Labute approximate surface area is 111 Å². The molecule has 0 saturated carbocycles. The van der Waals surface area contributed by atoms with E-state index in [0.29, 0.717) is 17.8 Å². The van der Waals surface area contributed by atoms with E-state index in [2.05, 4.69) is 26.2 Å². The predicted octanol–water partition coefficient (Wildman–Crippen LogP) is 2.42. The molecule has 2 rings (SSSR count).